The Bertz CT molecular complexity index is 207. The van der Waals surface area contributed by atoms with Crippen LogP contribution in [0.3, 0.4) is 0 Å². The fraction of sp³-hybridized carbons (Fsp3) is 0.182. The first kappa shape index (κ1) is 19.3. The van der Waals surface area contributed by atoms with Gasteiger partial charge < -0.3 is 0 Å². The van der Waals surface area contributed by atoms with Crippen LogP contribution in [0.1, 0.15) is 6.42 Å². The minimum atomic E-state index is -0.365. The second kappa shape index (κ2) is 18.5. The molecule has 0 saturated heterocycles. The van der Waals surface area contributed by atoms with Crippen molar-refractivity contribution in [3.63, 3.8) is 0 Å². The molecule has 0 aliphatic heterocycles. The molecule has 0 saturated carbocycles. The molecule has 1 rings (SSSR count). The van der Waals surface area contributed by atoms with Crippen LogP contribution >= 0.6 is 0 Å². The Morgan fingerprint density at radius 3 is 2.00 bits per heavy atom. The molecule has 0 aromatic carbocycles. The van der Waals surface area contributed by atoms with Gasteiger partial charge in [0.1, 0.15) is 0 Å². The Morgan fingerprint density at radius 2 is 1.73 bits per heavy atom. The largest absolute Gasteiger partial charge is 0.281 e. The number of allylic oxidation sites excluding steroid dienone is 4. The van der Waals surface area contributed by atoms with Crippen molar-refractivity contribution in [1.82, 2.24) is 0 Å². The van der Waals surface area contributed by atoms with Crippen molar-refractivity contribution >= 4 is 20.4 Å². The molecule has 0 aromatic heterocycles. The average Bonchev–Trinajstić information content (AvgIpc) is 2.89. The third-order valence-corrected chi connectivity index (χ3v) is 3.70. The fourth-order valence-electron chi connectivity index (χ4n) is 0.741. The summed E-state index contributed by atoms with van der Waals surface area (Å²) in [6.45, 7) is 17.3. The summed E-state index contributed by atoms with van der Waals surface area (Å²) in [6, 6.07) is 0. The number of hydrogen-bond donors (Lipinski definition) is 0. The first-order valence-electron chi connectivity index (χ1n) is 3.52. The molecule has 0 fully saturated rings. The van der Waals surface area contributed by atoms with Crippen molar-refractivity contribution in [1.29, 1.82) is 0 Å². The minimum absolute atomic E-state index is 0.365. The minimum Gasteiger partial charge on any atom is -0.281 e. The van der Waals surface area contributed by atoms with Gasteiger partial charge in [-0.05, 0) is 0 Å². The first-order valence-corrected chi connectivity index (χ1v) is 5.98. The fourth-order valence-corrected chi connectivity index (χ4v) is 1.99. The summed E-state index contributed by atoms with van der Waals surface area (Å²) in [5.74, 6) is 2.28. The predicted molar refractivity (Wildman–Crippen MR) is 55.0 cm³/mol. The number of hydrogen-bond acceptors (Lipinski definition) is 3. The van der Waals surface area contributed by atoms with Crippen molar-refractivity contribution in [3.05, 3.63) is 34.3 Å². The third-order valence-electron chi connectivity index (χ3n) is 1.34. The van der Waals surface area contributed by atoms with Crippen LogP contribution in [0, 0.1) is 0 Å². The summed E-state index contributed by atoms with van der Waals surface area (Å²) in [7, 11) is 0. The van der Waals surface area contributed by atoms with Crippen molar-refractivity contribution in [2.75, 3.05) is 0 Å². The standard InChI is InChI=1S/C5H5.C2H3.3CO.CH3.Mn/c1-2-4-5-3-1;4*1-2;;/h1-3H,4H2;1H,2H2;;;;1H3;. The topological polar surface area (TPSA) is 51.2 Å². The van der Waals surface area contributed by atoms with Crippen LogP contribution in [0.5, 0.6) is 0 Å². The maximum atomic E-state index is 7.50. The molecular formula is C11H11MnO3. The molecule has 0 atom stereocenters. The molecule has 3 nitrogen and oxygen atoms in total. The van der Waals surface area contributed by atoms with E-state index in [2.05, 4.69) is 56.0 Å². The Labute approximate surface area is 95.4 Å². The van der Waals surface area contributed by atoms with Gasteiger partial charge in [-0.3, -0.25) is 14.4 Å². The van der Waals surface area contributed by atoms with E-state index >= 15 is 0 Å². The van der Waals surface area contributed by atoms with Gasteiger partial charge in [-0.2, -0.15) is 0 Å². The van der Waals surface area contributed by atoms with Crippen LogP contribution in [0.2, 0.25) is 5.82 Å². The van der Waals surface area contributed by atoms with E-state index in [4.69, 9.17) is 14.4 Å². The molecule has 15 heavy (non-hydrogen) atoms. The van der Waals surface area contributed by atoms with E-state index in [0.29, 0.717) is 0 Å². The van der Waals surface area contributed by atoms with E-state index in [9.17, 15) is 0 Å². The Morgan fingerprint density at radius 1 is 1.27 bits per heavy atom. The summed E-state index contributed by atoms with van der Waals surface area (Å²) in [5.41, 5.74) is 0. The van der Waals surface area contributed by atoms with Crippen LogP contribution < -0.4 is 0 Å². The Hall–Kier alpha value is -1.25. The predicted octanol–water partition coefficient (Wildman–Crippen LogP) is 1.45. The van der Waals surface area contributed by atoms with Gasteiger partial charge >= 0.3 is 60.4 Å². The molecule has 0 N–H and O–H groups in total. The molecule has 0 spiro atoms. The maximum absolute atomic E-state index is 7.50. The first-order chi connectivity index (χ1) is 7.34. The molecular weight excluding hydrogens is 235 g/mol. The summed E-state index contributed by atoms with van der Waals surface area (Å²) >= 11 is -0.365. The zero-order chi connectivity index (χ0) is 12.7. The monoisotopic (exact) mass is 246 g/mol. The molecule has 0 unspecified atom stereocenters. The molecule has 0 bridgehead atoms. The van der Waals surface area contributed by atoms with E-state index in [1.807, 2.05) is 0 Å². The summed E-state index contributed by atoms with van der Waals surface area (Å²) in [5, 5.41) is 0. The maximum Gasteiger partial charge on any atom is 0.281 e. The van der Waals surface area contributed by atoms with E-state index in [1.54, 1.807) is 4.47 Å². The van der Waals surface area contributed by atoms with Crippen LogP contribution in [0.25, 0.3) is 0 Å². The van der Waals surface area contributed by atoms with Crippen molar-refractivity contribution in [2.24, 2.45) is 0 Å². The van der Waals surface area contributed by atoms with E-state index in [-0.39, 0.29) is 13.9 Å². The quantitative estimate of drug-likeness (QED) is 0.693. The molecule has 4 heteroatoms. The third kappa shape index (κ3) is 10.7. The molecule has 0 amide bonds. The smallest absolute Gasteiger partial charge is 0.281 e. The van der Waals surface area contributed by atoms with Crippen molar-refractivity contribution < 1.29 is 28.3 Å². The molecule has 0 heterocycles. The van der Waals surface area contributed by atoms with Gasteiger partial charge in [-0.15, -0.1) is 0 Å². The zero-order valence-electron chi connectivity index (χ0n) is 8.33. The van der Waals surface area contributed by atoms with Gasteiger partial charge in [0.2, 0.25) is 0 Å². The summed E-state index contributed by atoms with van der Waals surface area (Å²) in [6.07, 6.45) is 7.72. The van der Waals surface area contributed by atoms with Gasteiger partial charge in [0.15, 0.2) is 0 Å². The molecule has 6 radical (unpaired) electrons. The zero-order valence-corrected chi connectivity index (χ0v) is 9.51. The van der Waals surface area contributed by atoms with Gasteiger partial charge in [0.25, 0.3) is 20.4 Å². The van der Waals surface area contributed by atoms with Gasteiger partial charge in [0, 0.05) is 0 Å². The molecule has 80 valence electrons. The summed E-state index contributed by atoms with van der Waals surface area (Å²) < 4.78 is 1.58. The van der Waals surface area contributed by atoms with Crippen LogP contribution in [0.4, 0.5) is 0 Å². The Kier molecular flexibility index (Phi) is 23.9. The molecule has 1 aliphatic carbocycles. The second-order valence-electron chi connectivity index (χ2n) is 1.92. The van der Waals surface area contributed by atoms with Crippen molar-refractivity contribution in [3.8, 4) is 0 Å². The number of rotatable bonds is 2. The second-order valence-corrected chi connectivity index (χ2v) is 4.77. The van der Waals surface area contributed by atoms with E-state index < -0.39 is 0 Å². The summed E-state index contributed by atoms with van der Waals surface area (Å²) in [4.78, 5) is 24.6. The Balaban J connectivity index is -0.000000208. The SMILES string of the molecule is C=[CH][Mn]([CH3])[C]1=CC=CC1.[C]=O.[C]=O.[C]=O. The van der Waals surface area contributed by atoms with E-state index in [1.165, 1.54) is 0 Å². The van der Waals surface area contributed by atoms with E-state index in [0.717, 1.165) is 6.42 Å². The number of carbonyl (C=O) groups excluding carboxylic acids is 3. The van der Waals surface area contributed by atoms with Crippen LogP contribution in [0.15, 0.2) is 34.3 Å². The van der Waals surface area contributed by atoms with Crippen LogP contribution in [-0.2, 0) is 28.3 Å². The molecule has 1 aliphatic rings. The van der Waals surface area contributed by atoms with Gasteiger partial charge in [0.05, 0.1) is 0 Å². The normalized spacial score (nSPS) is 11.3. The van der Waals surface area contributed by atoms with Gasteiger partial charge in [-0.25, -0.2) is 0 Å². The average molecular weight is 246 g/mol. The van der Waals surface area contributed by atoms with Crippen molar-refractivity contribution in [2.45, 2.75) is 12.2 Å². The van der Waals surface area contributed by atoms with Crippen LogP contribution in [-0.4, -0.2) is 20.4 Å². The van der Waals surface area contributed by atoms with Gasteiger partial charge in [-0.1, -0.05) is 0 Å². The molecule has 0 aromatic rings.